The van der Waals surface area contributed by atoms with Gasteiger partial charge in [0.1, 0.15) is 5.75 Å². The molecule has 0 atom stereocenters. The Labute approximate surface area is 103 Å². The van der Waals surface area contributed by atoms with E-state index < -0.39 is 5.24 Å². The summed E-state index contributed by atoms with van der Waals surface area (Å²) in [5.74, 6) is 0.563. The molecule has 82 valence electrons. The largest absolute Gasteiger partial charge is 0.496 e. The van der Waals surface area contributed by atoms with Crippen molar-refractivity contribution in [3.05, 3.63) is 26.7 Å². The molecule has 0 heterocycles. The maximum absolute atomic E-state index is 11.3. The molecule has 0 aromatic heterocycles. The normalized spacial score (nSPS) is 10.3. The monoisotopic (exact) mass is 290 g/mol. The first-order chi connectivity index (χ1) is 6.91. The smallest absolute Gasteiger partial charge is 0.256 e. The van der Waals surface area contributed by atoms with Gasteiger partial charge in [0.15, 0.2) is 0 Å². The van der Waals surface area contributed by atoms with Crippen LogP contribution in [-0.2, 0) is 0 Å². The molecule has 1 aromatic rings. The lowest BCUT2D eigenvalue weighted by atomic mass is 10.00. The number of rotatable bonds is 2. The number of hydrogen-bond donors (Lipinski definition) is 0. The summed E-state index contributed by atoms with van der Waals surface area (Å²) in [6.45, 7) is 5.72. The molecule has 1 aromatic carbocycles. The van der Waals surface area contributed by atoms with Crippen molar-refractivity contribution in [2.24, 2.45) is 0 Å². The van der Waals surface area contributed by atoms with Crippen LogP contribution in [0.1, 0.15) is 27.0 Å². The molecule has 0 N–H and O–H groups in total. The fourth-order valence-corrected chi connectivity index (χ4v) is 2.30. The minimum atomic E-state index is -0.492. The number of methoxy groups -OCH3 is 1. The molecule has 0 saturated carbocycles. The van der Waals surface area contributed by atoms with Gasteiger partial charge in [0, 0.05) is 4.47 Å². The van der Waals surface area contributed by atoms with Gasteiger partial charge in [-0.15, -0.1) is 0 Å². The van der Waals surface area contributed by atoms with Gasteiger partial charge in [0.05, 0.1) is 12.7 Å². The predicted octanol–water partition coefficient (Wildman–Crippen LogP) is 3.76. The van der Waals surface area contributed by atoms with E-state index in [9.17, 15) is 4.79 Å². The first-order valence-corrected chi connectivity index (χ1v) is 5.62. The molecule has 15 heavy (non-hydrogen) atoms. The Kier molecular flexibility index (Phi) is 3.79. The van der Waals surface area contributed by atoms with Crippen molar-refractivity contribution in [3.63, 3.8) is 0 Å². The van der Waals surface area contributed by atoms with Crippen molar-refractivity contribution in [2.75, 3.05) is 7.11 Å². The zero-order chi connectivity index (χ0) is 11.7. The molecule has 0 amide bonds. The maximum atomic E-state index is 11.3. The van der Waals surface area contributed by atoms with Gasteiger partial charge in [0.2, 0.25) is 0 Å². The molecule has 0 aliphatic rings. The lowest BCUT2D eigenvalue weighted by molar-refractivity contribution is 0.107. The molecule has 0 unspecified atom stereocenters. The van der Waals surface area contributed by atoms with E-state index in [0.29, 0.717) is 11.3 Å². The van der Waals surface area contributed by atoms with E-state index in [4.69, 9.17) is 16.3 Å². The van der Waals surface area contributed by atoms with E-state index in [2.05, 4.69) is 15.9 Å². The second kappa shape index (κ2) is 4.54. The molecule has 0 spiro atoms. The number of hydrogen-bond acceptors (Lipinski definition) is 2. The van der Waals surface area contributed by atoms with Crippen LogP contribution in [0.15, 0.2) is 4.47 Å². The van der Waals surface area contributed by atoms with E-state index >= 15 is 0 Å². The summed E-state index contributed by atoms with van der Waals surface area (Å²) in [6.07, 6.45) is 0. The molecule has 0 radical (unpaired) electrons. The average molecular weight is 292 g/mol. The highest BCUT2D eigenvalue weighted by Crippen LogP contribution is 2.36. The van der Waals surface area contributed by atoms with Gasteiger partial charge in [-0.25, -0.2) is 0 Å². The summed E-state index contributed by atoms with van der Waals surface area (Å²) < 4.78 is 6.14. The third-order valence-electron chi connectivity index (χ3n) is 2.56. The van der Waals surface area contributed by atoms with Crippen molar-refractivity contribution in [1.82, 2.24) is 0 Å². The number of carbonyl (C=O) groups excluding carboxylic acids is 1. The van der Waals surface area contributed by atoms with Gasteiger partial charge in [-0.3, -0.25) is 4.79 Å². The Morgan fingerprint density at radius 2 is 1.73 bits per heavy atom. The Balaban J connectivity index is 3.70. The Morgan fingerprint density at radius 1 is 1.20 bits per heavy atom. The fourth-order valence-electron chi connectivity index (χ4n) is 1.58. The summed E-state index contributed by atoms with van der Waals surface area (Å²) in [4.78, 5) is 11.3. The van der Waals surface area contributed by atoms with Gasteiger partial charge in [-0.1, -0.05) is 15.9 Å². The molecule has 1 rings (SSSR count). The number of carbonyl (C=O) groups is 1. The van der Waals surface area contributed by atoms with E-state index in [1.807, 2.05) is 20.8 Å². The SMILES string of the molecule is COc1c(C)c(C)c(Br)c(C)c1C(=O)Cl. The first-order valence-electron chi connectivity index (χ1n) is 4.44. The molecule has 0 saturated heterocycles. The Hall–Kier alpha value is -0.540. The predicted molar refractivity (Wildman–Crippen MR) is 65.1 cm³/mol. The van der Waals surface area contributed by atoms with Crippen LogP contribution in [0.2, 0.25) is 0 Å². The van der Waals surface area contributed by atoms with Crippen LogP contribution in [0.5, 0.6) is 5.75 Å². The van der Waals surface area contributed by atoms with Crippen LogP contribution in [0.25, 0.3) is 0 Å². The van der Waals surface area contributed by atoms with Gasteiger partial charge >= 0.3 is 0 Å². The summed E-state index contributed by atoms with van der Waals surface area (Å²) in [6, 6.07) is 0. The van der Waals surface area contributed by atoms with Crippen molar-refractivity contribution in [1.29, 1.82) is 0 Å². The molecular weight excluding hydrogens is 279 g/mol. The number of halogens is 2. The van der Waals surface area contributed by atoms with Crippen molar-refractivity contribution < 1.29 is 9.53 Å². The Morgan fingerprint density at radius 3 is 2.13 bits per heavy atom. The standard InChI is InChI=1S/C11H12BrClO2/c1-5-6(2)10(15-4)8(11(13)14)7(3)9(5)12/h1-4H3. The fraction of sp³-hybridized carbons (Fsp3) is 0.364. The quantitative estimate of drug-likeness (QED) is 0.776. The molecular formula is C11H12BrClO2. The van der Waals surface area contributed by atoms with Crippen LogP contribution < -0.4 is 4.74 Å². The lowest BCUT2D eigenvalue weighted by Gasteiger charge is -2.16. The van der Waals surface area contributed by atoms with Gasteiger partial charge < -0.3 is 4.74 Å². The molecule has 0 aliphatic heterocycles. The minimum absolute atomic E-state index is 0.439. The van der Waals surface area contributed by atoms with Gasteiger partial charge in [-0.2, -0.15) is 0 Å². The van der Waals surface area contributed by atoms with Crippen LogP contribution in [0.3, 0.4) is 0 Å². The average Bonchev–Trinajstić information content (AvgIpc) is 2.19. The molecule has 0 fully saturated rings. The second-order valence-corrected chi connectivity index (χ2v) is 4.51. The highest BCUT2D eigenvalue weighted by atomic mass is 79.9. The third kappa shape index (κ3) is 2.04. The summed E-state index contributed by atoms with van der Waals surface area (Å²) in [5, 5.41) is -0.492. The maximum Gasteiger partial charge on any atom is 0.256 e. The lowest BCUT2D eigenvalue weighted by Crippen LogP contribution is -2.04. The zero-order valence-electron chi connectivity index (χ0n) is 9.07. The molecule has 0 aliphatic carbocycles. The van der Waals surface area contributed by atoms with E-state index in [1.165, 1.54) is 0 Å². The highest BCUT2D eigenvalue weighted by molar-refractivity contribution is 9.10. The van der Waals surface area contributed by atoms with Crippen molar-refractivity contribution in [3.8, 4) is 5.75 Å². The second-order valence-electron chi connectivity index (χ2n) is 3.37. The molecule has 0 bridgehead atoms. The molecule has 2 nitrogen and oxygen atoms in total. The van der Waals surface area contributed by atoms with Gasteiger partial charge in [0.25, 0.3) is 5.24 Å². The van der Waals surface area contributed by atoms with E-state index in [-0.39, 0.29) is 0 Å². The topological polar surface area (TPSA) is 26.3 Å². The van der Waals surface area contributed by atoms with Crippen molar-refractivity contribution >= 4 is 32.8 Å². The van der Waals surface area contributed by atoms with E-state index in [0.717, 1.165) is 21.2 Å². The van der Waals surface area contributed by atoms with Crippen LogP contribution in [-0.4, -0.2) is 12.4 Å². The van der Waals surface area contributed by atoms with Crippen LogP contribution in [0.4, 0.5) is 0 Å². The van der Waals surface area contributed by atoms with E-state index in [1.54, 1.807) is 7.11 Å². The molecule has 4 heteroatoms. The van der Waals surface area contributed by atoms with Crippen molar-refractivity contribution in [2.45, 2.75) is 20.8 Å². The van der Waals surface area contributed by atoms with Gasteiger partial charge in [-0.05, 0) is 49.1 Å². The summed E-state index contributed by atoms with van der Waals surface area (Å²) >= 11 is 8.99. The zero-order valence-corrected chi connectivity index (χ0v) is 11.4. The first kappa shape index (κ1) is 12.5. The van der Waals surface area contributed by atoms with Crippen LogP contribution in [0, 0.1) is 20.8 Å². The third-order valence-corrected chi connectivity index (χ3v) is 3.94. The number of ether oxygens (including phenoxy) is 1. The highest BCUT2D eigenvalue weighted by Gasteiger charge is 2.20. The summed E-state index contributed by atoms with van der Waals surface area (Å²) in [7, 11) is 1.54. The Bertz CT molecular complexity index is 427. The summed E-state index contributed by atoms with van der Waals surface area (Å²) in [5.41, 5.74) is 3.24. The number of benzene rings is 1. The van der Waals surface area contributed by atoms with Crippen LogP contribution >= 0.6 is 27.5 Å². The minimum Gasteiger partial charge on any atom is -0.496 e.